The summed E-state index contributed by atoms with van der Waals surface area (Å²) in [5.41, 5.74) is 3.59. The van der Waals surface area contributed by atoms with E-state index in [1.54, 1.807) is 0 Å². The SMILES string of the molecule is Cc1cn2nc([C@@H]3CCCCN3C(=O)c3ccccc3OC3CCCC3)cc2nc1N1CC[C@H](C)C1. The molecule has 0 bridgehead atoms. The van der Waals surface area contributed by atoms with Crippen LogP contribution < -0.4 is 9.64 Å². The molecule has 2 aromatic heterocycles. The van der Waals surface area contributed by atoms with Crippen LogP contribution in [0.5, 0.6) is 5.75 Å². The summed E-state index contributed by atoms with van der Waals surface area (Å²) in [5, 5.41) is 4.92. The summed E-state index contributed by atoms with van der Waals surface area (Å²) < 4.78 is 8.20. The minimum absolute atomic E-state index is 0.0428. The first-order valence-corrected chi connectivity index (χ1v) is 13.8. The average molecular weight is 488 g/mol. The van der Waals surface area contributed by atoms with Crippen molar-refractivity contribution >= 4 is 17.4 Å². The Bertz CT molecular complexity index is 1250. The molecule has 190 valence electrons. The lowest BCUT2D eigenvalue weighted by Gasteiger charge is -2.35. The first-order chi connectivity index (χ1) is 17.6. The topological polar surface area (TPSA) is 63.0 Å². The lowest BCUT2D eigenvalue weighted by molar-refractivity contribution is 0.0598. The lowest BCUT2D eigenvalue weighted by atomic mass is 9.98. The number of aromatic nitrogens is 3. The van der Waals surface area contributed by atoms with E-state index in [2.05, 4.69) is 31.0 Å². The number of anilines is 1. The fourth-order valence-corrected chi connectivity index (χ4v) is 6.20. The van der Waals surface area contributed by atoms with E-state index in [1.807, 2.05) is 33.7 Å². The molecule has 0 spiro atoms. The number of aryl methyl sites for hydroxylation is 1. The zero-order valence-corrected chi connectivity index (χ0v) is 21.5. The van der Waals surface area contributed by atoms with Crippen LogP contribution in [0.2, 0.25) is 0 Å². The molecule has 1 aromatic carbocycles. The lowest BCUT2D eigenvalue weighted by Crippen LogP contribution is -2.39. The third-order valence-electron chi connectivity index (χ3n) is 8.17. The number of likely N-dealkylation sites (tertiary alicyclic amines) is 1. The van der Waals surface area contributed by atoms with Crippen LogP contribution in [-0.4, -0.2) is 51.1 Å². The molecule has 1 amide bonds. The number of hydrogen-bond acceptors (Lipinski definition) is 5. The van der Waals surface area contributed by atoms with Crippen LogP contribution in [0.25, 0.3) is 5.65 Å². The highest BCUT2D eigenvalue weighted by molar-refractivity contribution is 5.97. The largest absolute Gasteiger partial charge is 0.490 e. The number of carbonyl (C=O) groups excluding carboxylic acids is 1. The summed E-state index contributed by atoms with van der Waals surface area (Å²) in [6, 6.07) is 9.79. The van der Waals surface area contributed by atoms with Crippen LogP contribution in [0.4, 0.5) is 5.82 Å². The standard InChI is InChI=1S/C29H37N5O2/c1-20-14-16-32(18-20)28-21(2)19-34-27(30-28)17-24(31-34)25-12-7-8-15-33(25)29(35)23-11-5-6-13-26(23)36-22-9-3-4-10-22/h5-6,11,13,17,19-20,22,25H,3-4,7-10,12,14-16,18H2,1-2H3/t20-,25-/m0/s1. The molecule has 6 rings (SSSR count). The normalized spacial score (nSPS) is 23.1. The van der Waals surface area contributed by atoms with Gasteiger partial charge in [0.05, 0.1) is 23.4 Å². The van der Waals surface area contributed by atoms with Crippen molar-refractivity contribution in [3.63, 3.8) is 0 Å². The number of hydrogen-bond donors (Lipinski definition) is 0. The third-order valence-corrected chi connectivity index (χ3v) is 8.17. The Morgan fingerprint density at radius 1 is 1.03 bits per heavy atom. The molecule has 0 radical (unpaired) electrons. The van der Waals surface area contributed by atoms with Gasteiger partial charge in [0.1, 0.15) is 11.6 Å². The van der Waals surface area contributed by atoms with E-state index in [0.717, 1.165) is 80.2 Å². The van der Waals surface area contributed by atoms with E-state index in [4.69, 9.17) is 14.8 Å². The molecule has 2 atom stereocenters. The fourth-order valence-electron chi connectivity index (χ4n) is 6.20. The maximum absolute atomic E-state index is 13.9. The van der Waals surface area contributed by atoms with E-state index in [0.29, 0.717) is 11.5 Å². The Morgan fingerprint density at radius 2 is 1.83 bits per heavy atom. The molecule has 7 nitrogen and oxygen atoms in total. The molecule has 1 saturated carbocycles. The number of carbonyl (C=O) groups is 1. The van der Waals surface area contributed by atoms with Crippen molar-refractivity contribution < 1.29 is 9.53 Å². The van der Waals surface area contributed by atoms with Gasteiger partial charge in [-0.2, -0.15) is 5.10 Å². The van der Waals surface area contributed by atoms with Gasteiger partial charge >= 0.3 is 0 Å². The molecular weight excluding hydrogens is 450 g/mol. The Labute approximate surface area is 213 Å². The molecule has 2 saturated heterocycles. The summed E-state index contributed by atoms with van der Waals surface area (Å²) in [4.78, 5) is 23.3. The number of fused-ring (bicyclic) bond motifs is 1. The molecule has 0 N–H and O–H groups in total. The van der Waals surface area contributed by atoms with Crippen LogP contribution in [0.15, 0.2) is 36.5 Å². The van der Waals surface area contributed by atoms with E-state index >= 15 is 0 Å². The molecule has 3 fully saturated rings. The van der Waals surface area contributed by atoms with Crippen LogP contribution in [0.3, 0.4) is 0 Å². The maximum atomic E-state index is 13.9. The van der Waals surface area contributed by atoms with E-state index in [-0.39, 0.29) is 18.1 Å². The molecule has 36 heavy (non-hydrogen) atoms. The number of nitrogens with zero attached hydrogens (tertiary/aromatic N) is 5. The average Bonchev–Trinajstić information content (AvgIpc) is 3.65. The molecule has 2 aliphatic heterocycles. The second-order valence-corrected chi connectivity index (χ2v) is 11.0. The van der Waals surface area contributed by atoms with Crippen molar-refractivity contribution in [1.82, 2.24) is 19.5 Å². The summed E-state index contributed by atoms with van der Waals surface area (Å²) in [6.07, 6.45) is 11.1. The number of benzene rings is 1. The molecular formula is C29H37N5O2. The van der Waals surface area contributed by atoms with Gasteiger partial charge in [-0.25, -0.2) is 9.50 Å². The van der Waals surface area contributed by atoms with Crippen molar-refractivity contribution in [1.29, 1.82) is 0 Å². The van der Waals surface area contributed by atoms with Gasteiger partial charge in [-0.1, -0.05) is 19.1 Å². The van der Waals surface area contributed by atoms with Crippen molar-refractivity contribution in [2.45, 2.75) is 77.4 Å². The molecule has 0 unspecified atom stereocenters. The summed E-state index contributed by atoms with van der Waals surface area (Å²) >= 11 is 0. The van der Waals surface area contributed by atoms with Gasteiger partial charge in [-0.15, -0.1) is 0 Å². The smallest absolute Gasteiger partial charge is 0.258 e. The number of amides is 1. The van der Waals surface area contributed by atoms with Gasteiger partial charge in [-0.3, -0.25) is 4.79 Å². The Morgan fingerprint density at radius 3 is 2.64 bits per heavy atom. The molecule has 3 aliphatic rings. The molecule has 1 aliphatic carbocycles. The Kier molecular flexibility index (Phi) is 6.32. The summed E-state index contributed by atoms with van der Waals surface area (Å²) in [5.74, 6) is 2.52. The van der Waals surface area contributed by atoms with Crippen LogP contribution in [0, 0.1) is 12.8 Å². The Hall–Kier alpha value is -3.09. The minimum atomic E-state index is -0.0527. The first-order valence-electron chi connectivity index (χ1n) is 13.8. The van der Waals surface area contributed by atoms with Crippen LogP contribution in [0.1, 0.15) is 85.9 Å². The van der Waals surface area contributed by atoms with Gasteiger partial charge in [-0.05, 0) is 76.3 Å². The van der Waals surface area contributed by atoms with E-state index < -0.39 is 0 Å². The van der Waals surface area contributed by atoms with Crippen LogP contribution in [-0.2, 0) is 0 Å². The number of ether oxygens (including phenoxy) is 1. The zero-order chi connectivity index (χ0) is 24.6. The highest BCUT2D eigenvalue weighted by atomic mass is 16.5. The summed E-state index contributed by atoms with van der Waals surface area (Å²) in [7, 11) is 0. The number of para-hydroxylation sites is 1. The highest BCUT2D eigenvalue weighted by Crippen LogP contribution is 2.35. The minimum Gasteiger partial charge on any atom is -0.490 e. The van der Waals surface area contributed by atoms with Gasteiger partial charge in [0, 0.05) is 37.5 Å². The summed E-state index contributed by atoms with van der Waals surface area (Å²) in [6.45, 7) is 7.26. The van der Waals surface area contributed by atoms with Crippen molar-refractivity contribution in [3.05, 3.63) is 53.3 Å². The number of piperidine rings is 1. The molecule has 4 heterocycles. The van der Waals surface area contributed by atoms with Crippen molar-refractivity contribution in [2.24, 2.45) is 5.92 Å². The fraction of sp³-hybridized carbons (Fsp3) is 0.552. The molecule has 3 aromatic rings. The Balaban J connectivity index is 1.29. The first kappa shape index (κ1) is 23.3. The third kappa shape index (κ3) is 4.44. The van der Waals surface area contributed by atoms with Gasteiger partial charge in [0.2, 0.25) is 0 Å². The predicted octanol–water partition coefficient (Wildman–Crippen LogP) is 5.57. The second kappa shape index (κ2) is 9.75. The monoisotopic (exact) mass is 487 g/mol. The highest BCUT2D eigenvalue weighted by Gasteiger charge is 2.33. The van der Waals surface area contributed by atoms with E-state index in [9.17, 15) is 4.79 Å². The predicted molar refractivity (Wildman–Crippen MR) is 141 cm³/mol. The maximum Gasteiger partial charge on any atom is 0.258 e. The van der Waals surface area contributed by atoms with Crippen molar-refractivity contribution in [3.8, 4) is 5.75 Å². The van der Waals surface area contributed by atoms with Gasteiger partial charge in [0.15, 0.2) is 5.65 Å². The number of rotatable bonds is 5. The molecule has 7 heteroatoms. The second-order valence-electron chi connectivity index (χ2n) is 11.0. The van der Waals surface area contributed by atoms with Crippen LogP contribution >= 0.6 is 0 Å². The van der Waals surface area contributed by atoms with Gasteiger partial charge < -0.3 is 14.5 Å². The van der Waals surface area contributed by atoms with Crippen molar-refractivity contribution in [2.75, 3.05) is 24.5 Å². The van der Waals surface area contributed by atoms with Gasteiger partial charge in [0.25, 0.3) is 5.91 Å². The van der Waals surface area contributed by atoms with E-state index in [1.165, 1.54) is 19.3 Å². The quantitative estimate of drug-likeness (QED) is 0.471. The zero-order valence-electron chi connectivity index (χ0n) is 21.5.